The third-order valence-corrected chi connectivity index (χ3v) is 2.52. The Morgan fingerprint density at radius 2 is 1.95 bits per heavy atom. The first-order valence-corrected chi connectivity index (χ1v) is 5.62. The fourth-order valence-electron chi connectivity index (χ4n) is 1.55. The molecule has 0 heterocycles. The van der Waals surface area contributed by atoms with Crippen LogP contribution in [0.15, 0.2) is 18.2 Å². The van der Waals surface area contributed by atoms with E-state index in [1.807, 2.05) is 0 Å². The predicted octanol–water partition coefficient (Wildman–Crippen LogP) is 3.17. The van der Waals surface area contributed by atoms with E-state index in [0.717, 1.165) is 12.1 Å². The van der Waals surface area contributed by atoms with Gasteiger partial charge in [-0.25, -0.2) is 13.6 Å². The minimum atomic E-state index is -4.93. The molecule has 0 aliphatic heterocycles. The highest BCUT2D eigenvalue weighted by Gasteiger charge is 2.37. The molecule has 1 rings (SSSR count). The molecule has 0 radical (unpaired) electrons. The Bertz CT molecular complexity index is 495. The molecule has 2 atom stereocenters. The van der Waals surface area contributed by atoms with Crippen molar-refractivity contribution in [2.24, 2.45) is 5.73 Å². The molecule has 0 aromatic heterocycles. The first kappa shape index (κ1) is 19.6. The Labute approximate surface area is 123 Å². The van der Waals surface area contributed by atoms with Gasteiger partial charge in [-0.2, -0.15) is 13.2 Å². The van der Waals surface area contributed by atoms with Crippen LogP contribution in [-0.4, -0.2) is 18.7 Å². The lowest BCUT2D eigenvalue weighted by Gasteiger charge is -2.18. The van der Waals surface area contributed by atoms with Crippen molar-refractivity contribution in [1.82, 2.24) is 0 Å². The number of nitrogens with two attached hydrogens (primary N) is 1. The Balaban J connectivity index is 0.00000400. The Morgan fingerprint density at radius 3 is 2.43 bits per heavy atom. The van der Waals surface area contributed by atoms with Gasteiger partial charge in [-0.3, -0.25) is 0 Å². The van der Waals surface area contributed by atoms with E-state index < -0.39 is 41.3 Å². The van der Waals surface area contributed by atoms with Crippen LogP contribution >= 0.6 is 12.4 Å². The van der Waals surface area contributed by atoms with Crippen molar-refractivity contribution in [1.29, 1.82) is 0 Å². The minimum Gasteiger partial charge on any atom is -0.464 e. The molecule has 1 aromatic carbocycles. The summed E-state index contributed by atoms with van der Waals surface area (Å²) >= 11 is 0. The van der Waals surface area contributed by atoms with Crippen LogP contribution in [0.1, 0.15) is 24.1 Å². The number of rotatable bonds is 4. The van der Waals surface area contributed by atoms with Gasteiger partial charge < -0.3 is 10.5 Å². The topological polar surface area (TPSA) is 52.3 Å². The zero-order chi connectivity index (χ0) is 15.5. The summed E-state index contributed by atoms with van der Waals surface area (Å²) in [7, 11) is 0. The van der Waals surface area contributed by atoms with E-state index in [-0.39, 0.29) is 19.0 Å². The lowest BCUT2D eigenvalue weighted by molar-refractivity contribution is -0.149. The van der Waals surface area contributed by atoms with Crippen molar-refractivity contribution in [3.05, 3.63) is 35.1 Å². The van der Waals surface area contributed by atoms with Crippen molar-refractivity contribution >= 4 is 18.4 Å². The van der Waals surface area contributed by atoms with E-state index in [1.54, 1.807) is 0 Å². The number of carbonyl (C=O) groups is 1. The zero-order valence-electron chi connectivity index (χ0n) is 10.8. The molecule has 1 aromatic rings. The summed E-state index contributed by atoms with van der Waals surface area (Å²) in [5.74, 6) is -3.05. The molecule has 120 valence electrons. The lowest BCUT2D eigenvalue weighted by Crippen LogP contribution is -2.32. The summed E-state index contributed by atoms with van der Waals surface area (Å²) in [5, 5.41) is 0. The fraction of sp³-hybridized carbons (Fsp3) is 0.417. The molecule has 3 nitrogen and oxygen atoms in total. The summed E-state index contributed by atoms with van der Waals surface area (Å²) in [6.45, 7) is 1.29. The third kappa shape index (κ3) is 4.53. The van der Waals surface area contributed by atoms with E-state index in [1.165, 1.54) is 6.92 Å². The lowest BCUT2D eigenvalue weighted by atomic mass is 9.99. The van der Waals surface area contributed by atoms with E-state index >= 15 is 0 Å². The number of hydrogen-bond acceptors (Lipinski definition) is 3. The van der Waals surface area contributed by atoms with Crippen LogP contribution in [0.2, 0.25) is 0 Å². The molecule has 0 saturated carbocycles. The molecule has 2 N–H and O–H groups in total. The summed E-state index contributed by atoms with van der Waals surface area (Å²) in [6.07, 6.45) is -7.39. The molecular weight excluding hydrogens is 321 g/mol. The molecule has 0 spiro atoms. The zero-order valence-corrected chi connectivity index (χ0v) is 11.6. The highest BCUT2D eigenvalue weighted by molar-refractivity contribution is 5.85. The summed E-state index contributed by atoms with van der Waals surface area (Å²) in [6, 6.07) is 0.403. The third-order valence-electron chi connectivity index (χ3n) is 2.52. The quantitative estimate of drug-likeness (QED) is 0.680. The van der Waals surface area contributed by atoms with Crippen molar-refractivity contribution in [2.45, 2.75) is 25.3 Å². The smallest absolute Gasteiger partial charge is 0.419 e. The average molecular weight is 334 g/mol. The number of ether oxygens (including phenoxy) is 1. The van der Waals surface area contributed by atoms with Gasteiger partial charge in [0.05, 0.1) is 18.2 Å². The molecule has 0 aliphatic carbocycles. The molecule has 0 amide bonds. The van der Waals surface area contributed by atoms with Gasteiger partial charge in [0.25, 0.3) is 0 Å². The number of benzene rings is 1. The minimum absolute atomic E-state index is 0. The van der Waals surface area contributed by atoms with Crippen LogP contribution in [0.25, 0.3) is 0 Å². The van der Waals surface area contributed by atoms with Gasteiger partial charge in [-0.05, 0) is 13.0 Å². The van der Waals surface area contributed by atoms with Crippen molar-refractivity contribution < 1.29 is 31.5 Å². The van der Waals surface area contributed by atoms with Gasteiger partial charge in [-0.15, -0.1) is 12.4 Å². The highest BCUT2D eigenvalue weighted by Crippen LogP contribution is 2.34. The van der Waals surface area contributed by atoms with Crippen molar-refractivity contribution in [2.75, 3.05) is 6.61 Å². The van der Waals surface area contributed by atoms with Gasteiger partial charge >= 0.3 is 12.1 Å². The molecule has 0 saturated heterocycles. The maximum absolute atomic E-state index is 13.7. The first-order valence-electron chi connectivity index (χ1n) is 5.62. The second kappa shape index (κ2) is 7.56. The number of esters is 1. The predicted molar refractivity (Wildman–Crippen MR) is 67.1 cm³/mol. The SMILES string of the molecule is CCOC(=O)C(F)[C@@H](N)c1cccc(C(F)(F)F)c1F.Cl. The highest BCUT2D eigenvalue weighted by atomic mass is 35.5. The van der Waals surface area contributed by atoms with E-state index in [2.05, 4.69) is 4.74 Å². The van der Waals surface area contributed by atoms with Gasteiger partial charge in [-0.1, -0.05) is 12.1 Å². The molecule has 9 heteroatoms. The fourth-order valence-corrected chi connectivity index (χ4v) is 1.55. The largest absolute Gasteiger partial charge is 0.464 e. The van der Waals surface area contributed by atoms with Crippen LogP contribution < -0.4 is 5.73 Å². The van der Waals surface area contributed by atoms with E-state index in [9.17, 15) is 26.7 Å². The Kier molecular flexibility index (Phi) is 7.05. The number of alkyl halides is 4. The summed E-state index contributed by atoms with van der Waals surface area (Å²) < 4.78 is 69.2. The number of hydrogen-bond donors (Lipinski definition) is 1. The summed E-state index contributed by atoms with van der Waals surface area (Å²) in [4.78, 5) is 11.1. The molecule has 21 heavy (non-hydrogen) atoms. The van der Waals surface area contributed by atoms with Crippen LogP contribution in [0, 0.1) is 5.82 Å². The maximum Gasteiger partial charge on any atom is 0.419 e. The summed E-state index contributed by atoms with van der Waals surface area (Å²) in [5.41, 5.74) is 3.00. The Hall–Kier alpha value is -1.41. The second-order valence-corrected chi connectivity index (χ2v) is 3.89. The average Bonchev–Trinajstić information content (AvgIpc) is 2.36. The van der Waals surface area contributed by atoms with Crippen LogP contribution in [-0.2, 0) is 15.7 Å². The standard InChI is InChI=1S/C12H12F5NO2.ClH/c1-2-20-11(19)9(14)10(18)6-4-3-5-7(8(6)13)12(15,16)17;/h3-5,9-10H,2,18H2,1H3;1H/t9?,10-;/m0./s1. The van der Waals surface area contributed by atoms with Crippen molar-refractivity contribution in [3.63, 3.8) is 0 Å². The van der Waals surface area contributed by atoms with Crippen LogP contribution in [0.5, 0.6) is 0 Å². The normalized spacial score (nSPS) is 14.0. The van der Waals surface area contributed by atoms with Crippen molar-refractivity contribution in [3.8, 4) is 0 Å². The maximum atomic E-state index is 13.7. The molecule has 0 bridgehead atoms. The monoisotopic (exact) mass is 333 g/mol. The molecule has 1 unspecified atom stereocenters. The van der Waals surface area contributed by atoms with Gasteiger partial charge in [0.15, 0.2) is 0 Å². The molecule has 0 fully saturated rings. The van der Waals surface area contributed by atoms with Gasteiger partial charge in [0.1, 0.15) is 5.82 Å². The van der Waals surface area contributed by atoms with Crippen LogP contribution in [0.3, 0.4) is 0 Å². The molecule has 0 aliphatic rings. The van der Waals surface area contributed by atoms with Gasteiger partial charge in [0, 0.05) is 5.56 Å². The second-order valence-electron chi connectivity index (χ2n) is 3.89. The van der Waals surface area contributed by atoms with Gasteiger partial charge in [0.2, 0.25) is 6.17 Å². The van der Waals surface area contributed by atoms with E-state index in [0.29, 0.717) is 6.07 Å². The van der Waals surface area contributed by atoms with Crippen LogP contribution in [0.4, 0.5) is 22.0 Å². The number of carbonyl (C=O) groups excluding carboxylic acids is 1. The Morgan fingerprint density at radius 1 is 1.38 bits per heavy atom. The number of halogens is 6. The van der Waals surface area contributed by atoms with E-state index in [4.69, 9.17) is 5.73 Å². The molecular formula is C12H13ClF5NO2. The first-order chi connectivity index (χ1) is 9.20.